The summed E-state index contributed by atoms with van der Waals surface area (Å²) in [6.07, 6.45) is 0. The average molecular weight is 280 g/mol. The summed E-state index contributed by atoms with van der Waals surface area (Å²) in [5.41, 5.74) is 2.22. The van der Waals surface area contributed by atoms with E-state index in [1.54, 1.807) is 12.1 Å². The third-order valence-corrected chi connectivity index (χ3v) is 3.79. The number of halogens is 1. The molecule has 1 heterocycles. The standard InChI is InChI=1S/C16H25FN2O/c1-12(2)18-9-16-11-20-7-6-19(16)10-14-4-5-15(17)8-13(14)3/h4-5,8,12,16,18H,6-7,9-11H2,1-3H3. The zero-order valence-electron chi connectivity index (χ0n) is 12.7. The molecule has 0 saturated carbocycles. The Morgan fingerprint density at radius 2 is 2.25 bits per heavy atom. The Balaban J connectivity index is 2.00. The van der Waals surface area contributed by atoms with Gasteiger partial charge in [0.25, 0.3) is 0 Å². The Kier molecular flexibility index (Phi) is 5.52. The van der Waals surface area contributed by atoms with Gasteiger partial charge in [-0.2, -0.15) is 0 Å². The van der Waals surface area contributed by atoms with Crippen LogP contribution >= 0.6 is 0 Å². The number of aryl methyl sites for hydroxylation is 1. The third kappa shape index (κ3) is 4.27. The largest absolute Gasteiger partial charge is 0.378 e. The van der Waals surface area contributed by atoms with Gasteiger partial charge in [-0.25, -0.2) is 4.39 Å². The van der Waals surface area contributed by atoms with E-state index < -0.39 is 0 Å². The van der Waals surface area contributed by atoms with Crippen molar-refractivity contribution in [2.75, 3.05) is 26.3 Å². The van der Waals surface area contributed by atoms with Crippen molar-refractivity contribution < 1.29 is 9.13 Å². The maximum Gasteiger partial charge on any atom is 0.123 e. The van der Waals surface area contributed by atoms with E-state index in [0.29, 0.717) is 12.1 Å². The van der Waals surface area contributed by atoms with Gasteiger partial charge in [0.15, 0.2) is 0 Å². The number of nitrogens with zero attached hydrogens (tertiary/aromatic N) is 1. The highest BCUT2D eigenvalue weighted by molar-refractivity contribution is 5.26. The molecule has 1 saturated heterocycles. The van der Waals surface area contributed by atoms with E-state index in [4.69, 9.17) is 4.74 Å². The van der Waals surface area contributed by atoms with E-state index in [2.05, 4.69) is 24.1 Å². The van der Waals surface area contributed by atoms with Crippen molar-refractivity contribution in [3.8, 4) is 0 Å². The quantitative estimate of drug-likeness (QED) is 0.896. The summed E-state index contributed by atoms with van der Waals surface area (Å²) in [6, 6.07) is 5.91. The Morgan fingerprint density at radius 1 is 1.45 bits per heavy atom. The van der Waals surface area contributed by atoms with Gasteiger partial charge in [0.05, 0.1) is 13.2 Å². The lowest BCUT2D eigenvalue weighted by molar-refractivity contribution is -0.0115. The fourth-order valence-corrected chi connectivity index (χ4v) is 2.51. The van der Waals surface area contributed by atoms with Gasteiger partial charge >= 0.3 is 0 Å². The molecule has 1 unspecified atom stereocenters. The van der Waals surface area contributed by atoms with Crippen molar-refractivity contribution in [2.45, 2.75) is 39.4 Å². The Morgan fingerprint density at radius 3 is 2.95 bits per heavy atom. The molecule has 1 atom stereocenters. The SMILES string of the molecule is Cc1cc(F)ccc1CN1CCOCC1CNC(C)C. The first-order valence-electron chi connectivity index (χ1n) is 7.36. The van der Waals surface area contributed by atoms with Gasteiger partial charge in [-0.05, 0) is 30.2 Å². The van der Waals surface area contributed by atoms with E-state index in [-0.39, 0.29) is 5.82 Å². The lowest BCUT2D eigenvalue weighted by Crippen LogP contribution is -2.50. The number of ether oxygens (including phenoxy) is 1. The minimum absolute atomic E-state index is 0.161. The van der Waals surface area contributed by atoms with Crippen LogP contribution in [-0.2, 0) is 11.3 Å². The topological polar surface area (TPSA) is 24.5 Å². The van der Waals surface area contributed by atoms with Crippen molar-refractivity contribution in [3.05, 3.63) is 35.1 Å². The number of hydrogen-bond donors (Lipinski definition) is 1. The monoisotopic (exact) mass is 280 g/mol. The first-order valence-corrected chi connectivity index (χ1v) is 7.36. The molecule has 4 heteroatoms. The van der Waals surface area contributed by atoms with Crippen LogP contribution in [0.25, 0.3) is 0 Å². The van der Waals surface area contributed by atoms with Crippen LogP contribution in [0.4, 0.5) is 4.39 Å². The average Bonchev–Trinajstić information content (AvgIpc) is 2.41. The lowest BCUT2D eigenvalue weighted by Gasteiger charge is -2.36. The smallest absolute Gasteiger partial charge is 0.123 e. The highest BCUT2D eigenvalue weighted by atomic mass is 19.1. The van der Waals surface area contributed by atoms with Crippen molar-refractivity contribution >= 4 is 0 Å². The number of nitrogens with one attached hydrogen (secondary N) is 1. The zero-order valence-corrected chi connectivity index (χ0v) is 12.7. The molecule has 0 aliphatic carbocycles. The molecule has 20 heavy (non-hydrogen) atoms. The Labute approximate surface area is 121 Å². The minimum Gasteiger partial charge on any atom is -0.378 e. The van der Waals surface area contributed by atoms with Gasteiger partial charge in [-0.3, -0.25) is 4.90 Å². The zero-order chi connectivity index (χ0) is 14.5. The van der Waals surface area contributed by atoms with E-state index in [0.717, 1.165) is 38.4 Å². The Bertz CT molecular complexity index is 436. The number of morpholine rings is 1. The molecule has 0 amide bonds. The van der Waals surface area contributed by atoms with Crippen LogP contribution in [0, 0.1) is 12.7 Å². The molecule has 1 aliphatic heterocycles. The van der Waals surface area contributed by atoms with Crippen LogP contribution in [0.2, 0.25) is 0 Å². The van der Waals surface area contributed by atoms with Crippen LogP contribution in [0.5, 0.6) is 0 Å². The summed E-state index contributed by atoms with van der Waals surface area (Å²) < 4.78 is 18.8. The fraction of sp³-hybridized carbons (Fsp3) is 0.625. The van der Waals surface area contributed by atoms with Gasteiger partial charge in [0, 0.05) is 31.7 Å². The van der Waals surface area contributed by atoms with Crippen LogP contribution < -0.4 is 5.32 Å². The highest BCUT2D eigenvalue weighted by Gasteiger charge is 2.23. The summed E-state index contributed by atoms with van der Waals surface area (Å²) in [5.74, 6) is -0.161. The first kappa shape index (κ1) is 15.4. The highest BCUT2D eigenvalue weighted by Crippen LogP contribution is 2.16. The maximum atomic E-state index is 13.2. The summed E-state index contributed by atoms with van der Waals surface area (Å²) in [4.78, 5) is 2.43. The molecule has 0 aromatic heterocycles. The molecule has 1 N–H and O–H groups in total. The van der Waals surface area contributed by atoms with Gasteiger partial charge in [0.1, 0.15) is 5.82 Å². The molecule has 112 valence electrons. The van der Waals surface area contributed by atoms with Crippen molar-refractivity contribution in [2.24, 2.45) is 0 Å². The van der Waals surface area contributed by atoms with Crippen LogP contribution in [-0.4, -0.2) is 43.3 Å². The fourth-order valence-electron chi connectivity index (χ4n) is 2.51. The van der Waals surface area contributed by atoms with E-state index in [1.165, 1.54) is 5.56 Å². The van der Waals surface area contributed by atoms with Crippen molar-refractivity contribution in [1.82, 2.24) is 10.2 Å². The predicted octanol–water partition coefficient (Wildman–Crippen LogP) is 2.33. The van der Waals surface area contributed by atoms with Crippen LogP contribution in [0.3, 0.4) is 0 Å². The molecule has 0 bridgehead atoms. The van der Waals surface area contributed by atoms with Gasteiger partial charge in [-0.15, -0.1) is 0 Å². The third-order valence-electron chi connectivity index (χ3n) is 3.79. The van der Waals surface area contributed by atoms with E-state index >= 15 is 0 Å². The molecule has 1 aliphatic rings. The van der Waals surface area contributed by atoms with E-state index in [1.807, 2.05) is 13.0 Å². The predicted molar refractivity (Wildman–Crippen MR) is 79.3 cm³/mol. The number of hydrogen-bond acceptors (Lipinski definition) is 3. The van der Waals surface area contributed by atoms with Gasteiger partial charge in [-0.1, -0.05) is 19.9 Å². The second kappa shape index (κ2) is 7.16. The maximum absolute atomic E-state index is 13.2. The van der Waals surface area contributed by atoms with Gasteiger partial charge < -0.3 is 10.1 Å². The van der Waals surface area contributed by atoms with Crippen LogP contribution in [0.15, 0.2) is 18.2 Å². The molecule has 0 radical (unpaired) electrons. The van der Waals surface area contributed by atoms with Crippen molar-refractivity contribution in [1.29, 1.82) is 0 Å². The molecular weight excluding hydrogens is 255 g/mol. The number of rotatable bonds is 5. The summed E-state index contributed by atoms with van der Waals surface area (Å²) in [7, 11) is 0. The minimum atomic E-state index is -0.161. The molecule has 3 nitrogen and oxygen atoms in total. The summed E-state index contributed by atoms with van der Waals surface area (Å²) >= 11 is 0. The Hall–Kier alpha value is -0.970. The summed E-state index contributed by atoms with van der Waals surface area (Å²) in [5, 5.41) is 3.47. The second-order valence-electron chi connectivity index (χ2n) is 5.83. The lowest BCUT2D eigenvalue weighted by atomic mass is 10.1. The van der Waals surface area contributed by atoms with Gasteiger partial charge in [0.2, 0.25) is 0 Å². The molecule has 1 aromatic rings. The van der Waals surface area contributed by atoms with Crippen molar-refractivity contribution in [3.63, 3.8) is 0 Å². The molecule has 0 spiro atoms. The molecule has 1 aromatic carbocycles. The second-order valence-corrected chi connectivity index (χ2v) is 5.83. The summed E-state index contributed by atoms with van der Waals surface area (Å²) in [6.45, 7) is 10.5. The van der Waals surface area contributed by atoms with E-state index in [9.17, 15) is 4.39 Å². The normalized spacial score (nSPS) is 20.6. The molecular formula is C16H25FN2O. The number of benzene rings is 1. The molecule has 2 rings (SSSR count). The molecule has 1 fully saturated rings. The van der Waals surface area contributed by atoms with Crippen LogP contribution in [0.1, 0.15) is 25.0 Å². The first-order chi connectivity index (χ1) is 9.56.